The molecule has 0 heterocycles. The zero-order valence-electron chi connectivity index (χ0n) is 13.5. The van der Waals surface area contributed by atoms with E-state index >= 15 is 0 Å². The van der Waals surface area contributed by atoms with Gasteiger partial charge >= 0.3 is 0 Å². The number of hydrogen-bond donors (Lipinski definition) is 1. The van der Waals surface area contributed by atoms with Gasteiger partial charge in [0.05, 0.1) is 5.75 Å². The van der Waals surface area contributed by atoms with Gasteiger partial charge in [0.1, 0.15) is 0 Å². The second-order valence-corrected chi connectivity index (χ2v) is 7.50. The molecule has 1 amide bonds. The van der Waals surface area contributed by atoms with Gasteiger partial charge in [-0.25, -0.2) is 0 Å². The first-order valence-electron chi connectivity index (χ1n) is 7.80. The standard InChI is InChI=1S/C19H22BrNOS/c1-3-14(2)16-6-10-18(11-7-16)21-19(22)13-23-12-15-4-8-17(20)9-5-15/h4-11,14H,3,12-13H2,1-2H3,(H,21,22). The van der Waals surface area contributed by atoms with Gasteiger partial charge in [-0.05, 0) is 47.7 Å². The maximum absolute atomic E-state index is 12.0. The van der Waals surface area contributed by atoms with Gasteiger partial charge in [-0.1, -0.05) is 54.0 Å². The van der Waals surface area contributed by atoms with E-state index < -0.39 is 0 Å². The van der Waals surface area contributed by atoms with Crippen LogP contribution in [0.4, 0.5) is 5.69 Å². The number of halogens is 1. The Kier molecular flexibility index (Phi) is 7.18. The number of hydrogen-bond acceptors (Lipinski definition) is 2. The summed E-state index contributed by atoms with van der Waals surface area (Å²) >= 11 is 5.05. The molecule has 122 valence electrons. The largest absolute Gasteiger partial charge is 0.325 e. The minimum Gasteiger partial charge on any atom is -0.325 e. The highest BCUT2D eigenvalue weighted by atomic mass is 79.9. The second-order valence-electron chi connectivity index (χ2n) is 5.60. The van der Waals surface area contributed by atoms with Crippen molar-refractivity contribution >= 4 is 39.3 Å². The van der Waals surface area contributed by atoms with Crippen molar-refractivity contribution in [2.24, 2.45) is 0 Å². The topological polar surface area (TPSA) is 29.1 Å². The molecule has 0 aliphatic rings. The van der Waals surface area contributed by atoms with Crippen LogP contribution < -0.4 is 5.32 Å². The highest BCUT2D eigenvalue weighted by Gasteiger charge is 2.05. The molecule has 0 saturated heterocycles. The van der Waals surface area contributed by atoms with E-state index in [0.717, 1.165) is 22.3 Å². The van der Waals surface area contributed by atoms with Crippen molar-refractivity contribution in [1.82, 2.24) is 0 Å². The maximum Gasteiger partial charge on any atom is 0.234 e. The van der Waals surface area contributed by atoms with Gasteiger partial charge in [0, 0.05) is 15.9 Å². The quantitative estimate of drug-likeness (QED) is 0.642. The lowest BCUT2D eigenvalue weighted by molar-refractivity contribution is -0.113. The Morgan fingerprint density at radius 1 is 1.13 bits per heavy atom. The molecule has 1 atom stereocenters. The predicted octanol–water partition coefficient (Wildman–Crippen LogP) is 5.83. The number of carbonyl (C=O) groups is 1. The van der Waals surface area contributed by atoms with Gasteiger partial charge in [0.15, 0.2) is 0 Å². The molecular weight excluding hydrogens is 370 g/mol. The molecule has 0 saturated carbocycles. The van der Waals surface area contributed by atoms with Gasteiger partial charge in [0.2, 0.25) is 5.91 Å². The fourth-order valence-electron chi connectivity index (χ4n) is 2.17. The van der Waals surface area contributed by atoms with Crippen LogP contribution >= 0.6 is 27.7 Å². The van der Waals surface area contributed by atoms with Crippen LogP contribution in [-0.2, 0) is 10.5 Å². The van der Waals surface area contributed by atoms with Crippen molar-refractivity contribution < 1.29 is 4.79 Å². The molecule has 0 aliphatic heterocycles. The van der Waals surface area contributed by atoms with Crippen molar-refractivity contribution in [1.29, 1.82) is 0 Å². The van der Waals surface area contributed by atoms with Crippen LogP contribution in [0.5, 0.6) is 0 Å². The molecule has 1 unspecified atom stereocenters. The predicted molar refractivity (Wildman–Crippen MR) is 104 cm³/mol. The molecule has 0 aliphatic carbocycles. The Labute approximate surface area is 151 Å². The average Bonchev–Trinajstić information content (AvgIpc) is 2.56. The maximum atomic E-state index is 12.0. The lowest BCUT2D eigenvalue weighted by Crippen LogP contribution is -2.14. The number of nitrogens with one attached hydrogen (secondary N) is 1. The molecule has 2 aromatic rings. The lowest BCUT2D eigenvalue weighted by atomic mass is 9.99. The number of rotatable bonds is 7. The summed E-state index contributed by atoms with van der Waals surface area (Å²) in [6.45, 7) is 4.40. The molecule has 4 heteroatoms. The number of anilines is 1. The summed E-state index contributed by atoms with van der Waals surface area (Å²) in [5, 5.41) is 2.95. The van der Waals surface area contributed by atoms with Gasteiger partial charge in [-0.3, -0.25) is 4.79 Å². The summed E-state index contributed by atoms with van der Waals surface area (Å²) in [6.07, 6.45) is 1.12. The summed E-state index contributed by atoms with van der Waals surface area (Å²) in [7, 11) is 0. The van der Waals surface area contributed by atoms with Crippen LogP contribution in [-0.4, -0.2) is 11.7 Å². The van der Waals surface area contributed by atoms with E-state index in [2.05, 4.69) is 59.4 Å². The van der Waals surface area contributed by atoms with E-state index in [1.165, 1.54) is 11.1 Å². The molecule has 0 radical (unpaired) electrons. The second kappa shape index (κ2) is 9.14. The number of carbonyl (C=O) groups excluding carboxylic acids is 1. The third-order valence-corrected chi connectivity index (χ3v) is 5.32. The van der Waals surface area contributed by atoms with E-state index in [1.54, 1.807) is 11.8 Å². The third kappa shape index (κ3) is 6.04. The summed E-state index contributed by atoms with van der Waals surface area (Å²) in [4.78, 5) is 12.0. The smallest absolute Gasteiger partial charge is 0.234 e. The van der Waals surface area contributed by atoms with Crippen LogP contribution in [0.2, 0.25) is 0 Å². The summed E-state index contributed by atoms with van der Waals surface area (Å²) in [5.41, 5.74) is 3.41. The van der Waals surface area contributed by atoms with Crippen LogP contribution in [0.15, 0.2) is 53.0 Å². The zero-order valence-corrected chi connectivity index (χ0v) is 15.9. The molecule has 0 fully saturated rings. The first-order valence-corrected chi connectivity index (χ1v) is 9.75. The van der Waals surface area contributed by atoms with Crippen molar-refractivity contribution in [2.75, 3.05) is 11.1 Å². The first-order chi connectivity index (χ1) is 11.1. The van der Waals surface area contributed by atoms with Gasteiger partial charge < -0.3 is 5.32 Å². The van der Waals surface area contributed by atoms with Gasteiger partial charge in [-0.15, -0.1) is 11.8 Å². The molecule has 1 N–H and O–H groups in total. The summed E-state index contributed by atoms with van der Waals surface area (Å²) in [5.74, 6) is 1.90. The molecular formula is C19H22BrNOS. The monoisotopic (exact) mass is 391 g/mol. The molecule has 0 aromatic heterocycles. The van der Waals surface area contributed by atoms with Crippen molar-refractivity contribution in [3.63, 3.8) is 0 Å². The van der Waals surface area contributed by atoms with Crippen LogP contribution in [0.3, 0.4) is 0 Å². The van der Waals surface area contributed by atoms with Crippen molar-refractivity contribution in [2.45, 2.75) is 31.9 Å². The highest BCUT2D eigenvalue weighted by Crippen LogP contribution is 2.21. The zero-order chi connectivity index (χ0) is 16.7. The van der Waals surface area contributed by atoms with Crippen molar-refractivity contribution in [3.05, 3.63) is 64.1 Å². The average molecular weight is 392 g/mol. The minimum atomic E-state index is 0.0448. The number of thioether (sulfide) groups is 1. The highest BCUT2D eigenvalue weighted by molar-refractivity contribution is 9.10. The van der Waals surface area contributed by atoms with E-state index in [-0.39, 0.29) is 5.91 Å². The SMILES string of the molecule is CCC(C)c1ccc(NC(=O)CSCc2ccc(Br)cc2)cc1. The Bertz CT molecular complexity index is 625. The van der Waals surface area contributed by atoms with Crippen LogP contribution in [0, 0.1) is 0 Å². The van der Waals surface area contributed by atoms with E-state index in [0.29, 0.717) is 11.7 Å². The fourth-order valence-corrected chi connectivity index (χ4v) is 3.22. The normalized spacial score (nSPS) is 12.0. The number of amides is 1. The van der Waals surface area contributed by atoms with E-state index in [9.17, 15) is 4.79 Å². The Hall–Kier alpha value is -1.26. The van der Waals surface area contributed by atoms with E-state index in [4.69, 9.17) is 0 Å². The molecule has 0 spiro atoms. The van der Waals surface area contributed by atoms with Gasteiger partial charge in [-0.2, -0.15) is 0 Å². The molecule has 0 bridgehead atoms. The Morgan fingerprint density at radius 3 is 2.39 bits per heavy atom. The van der Waals surface area contributed by atoms with Crippen LogP contribution in [0.25, 0.3) is 0 Å². The fraction of sp³-hybridized carbons (Fsp3) is 0.316. The summed E-state index contributed by atoms with van der Waals surface area (Å²) in [6, 6.07) is 16.4. The molecule has 2 nitrogen and oxygen atoms in total. The third-order valence-electron chi connectivity index (χ3n) is 3.79. The first kappa shape index (κ1) is 18.1. The van der Waals surface area contributed by atoms with E-state index in [1.807, 2.05) is 24.3 Å². The molecule has 2 rings (SSSR count). The van der Waals surface area contributed by atoms with Crippen molar-refractivity contribution in [3.8, 4) is 0 Å². The molecule has 23 heavy (non-hydrogen) atoms. The van der Waals surface area contributed by atoms with Gasteiger partial charge in [0.25, 0.3) is 0 Å². The van der Waals surface area contributed by atoms with Crippen LogP contribution in [0.1, 0.15) is 37.3 Å². The molecule has 2 aromatic carbocycles. The number of benzene rings is 2. The minimum absolute atomic E-state index is 0.0448. The lowest BCUT2D eigenvalue weighted by Gasteiger charge is -2.10. The summed E-state index contributed by atoms with van der Waals surface area (Å²) < 4.78 is 1.07. The Morgan fingerprint density at radius 2 is 1.78 bits per heavy atom. The Balaban J connectivity index is 1.77.